The van der Waals surface area contributed by atoms with Crippen molar-refractivity contribution in [3.05, 3.63) is 0 Å². The third-order valence-corrected chi connectivity index (χ3v) is 5.44. The van der Waals surface area contributed by atoms with Gasteiger partial charge in [0.15, 0.2) is 0 Å². The molecule has 0 heterocycles. The minimum absolute atomic E-state index is 0.405. The van der Waals surface area contributed by atoms with E-state index in [2.05, 4.69) is 13.8 Å². The van der Waals surface area contributed by atoms with Crippen molar-refractivity contribution in [3.8, 4) is 0 Å². The topological polar surface area (TPSA) is 20.2 Å². The Hall–Kier alpha value is -0.0400. The molecule has 24 heavy (non-hydrogen) atoms. The summed E-state index contributed by atoms with van der Waals surface area (Å²) in [5.74, 6) is 0.578. The Morgan fingerprint density at radius 2 is 0.750 bits per heavy atom. The number of hydrogen-bond donors (Lipinski definition) is 1. The predicted molar refractivity (Wildman–Crippen MR) is 110 cm³/mol. The smallest absolute Gasteiger partial charge is 0.0459 e. The van der Waals surface area contributed by atoms with Crippen LogP contribution in [0.25, 0.3) is 0 Å². The van der Waals surface area contributed by atoms with E-state index < -0.39 is 0 Å². The molecule has 0 aromatic carbocycles. The van der Waals surface area contributed by atoms with E-state index in [1.165, 1.54) is 122 Å². The first-order valence-corrected chi connectivity index (χ1v) is 11.5. The van der Waals surface area contributed by atoms with Crippen LogP contribution in [0.3, 0.4) is 0 Å². The molecule has 0 fully saturated rings. The second kappa shape index (κ2) is 21.0. The molecule has 0 bridgehead atoms. The lowest BCUT2D eigenvalue weighted by Crippen LogP contribution is -2.05. The second-order valence-corrected chi connectivity index (χ2v) is 7.93. The highest BCUT2D eigenvalue weighted by atomic mass is 16.3. The summed E-state index contributed by atoms with van der Waals surface area (Å²) in [7, 11) is 0. The Labute approximate surface area is 154 Å². The molecule has 0 aromatic rings. The van der Waals surface area contributed by atoms with Gasteiger partial charge in [-0.25, -0.2) is 0 Å². The number of aliphatic hydroxyl groups excluding tert-OH is 1. The highest BCUT2D eigenvalue weighted by Crippen LogP contribution is 2.18. The summed E-state index contributed by atoms with van der Waals surface area (Å²) in [5, 5.41) is 9.43. The van der Waals surface area contributed by atoms with Crippen LogP contribution in [0.1, 0.15) is 136 Å². The van der Waals surface area contributed by atoms with E-state index in [0.717, 1.165) is 0 Å². The molecule has 0 saturated carbocycles. The molecule has 1 unspecified atom stereocenters. The Morgan fingerprint density at radius 3 is 1.12 bits per heavy atom. The van der Waals surface area contributed by atoms with Gasteiger partial charge >= 0.3 is 0 Å². The molecule has 0 aliphatic rings. The molecule has 1 heteroatoms. The zero-order valence-corrected chi connectivity index (χ0v) is 17.2. The van der Waals surface area contributed by atoms with E-state index in [4.69, 9.17) is 0 Å². The van der Waals surface area contributed by atoms with Gasteiger partial charge in [-0.3, -0.25) is 0 Å². The summed E-state index contributed by atoms with van der Waals surface area (Å²) in [6, 6.07) is 0. The quantitative estimate of drug-likeness (QED) is 0.222. The van der Waals surface area contributed by atoms with E-state index >= 15 is 0 Å². The van der Waals surface area contributed by atoms with E-state index in [1.54, 1.807) is 0 Å². The normalized spacial score (nSPS) is 12.6. The minimum atomic E-state index is 0.405. The lowest BCUT2D eigenvalue weighted by Gasteiger charge is -2.13. The van der Waals surface area contributed by atoms with Gasteiger partial charge in [0, 0.05) is 6.61 Å². The summed E-state index contributed by atoms with van der Waals surface area (Å²) in [5.41, 5.74) is 0. The summed E-state index contributed by atoms with van der Waals surface area (Å²) >= 11 is 0. The summed E-state index contributed by atoms with van der Waals surface area (Å²) in [6.45, 7) is 4.95. The molecule has 0 aliphatic carbocycles. The van der Waals surface area contributed by atoms with Crippen LogP contribution in [-0.2, 0) is 0 Å². The van der Waals surface area contributed by atoms with Crippen molar-refractivity contribution in [2.24, 2.45) is 5.92 Å². The fourth-order valence-corrected chi connectivity index (χ4v) is 3.64. The van der Waals surface area contributed by atoms with Crippen molar-refractivity contribution in [1.29, 1.82) is 0 Å². The van der Waals surface area contributed by atoms with Crippen molar-refractivity contribution < 1.29 is 5.11 Å². The zero-order valence-electron chi connectivity index (χ0n) is 17.2. The Morgan fingerprint density at radius 1 is 0.458 bits per heavy atom. The van der Waals surface area contributed by atoms with Gasteiger partial charge in [0.05, 0.1) is 0 Å². The van der Waals surface area contributed by atoms with Crippen LogP contribution in [0.4, 0.5) is 0 Å². The lowest BCUT2D eigenvalue weighted by atomic mass is 9.95. The maximum absolute atomic E-state index is 9.43. The molecule has 0 spiro atoms. The molecule has 0 aromatic heterocycles. The Balaban J connectivity index is 3.16. The molecular weight excluding hydrogens is 292 g/mol. The highest BCUT2D eigenvalue weighted by Gasteiger charge is 2.06. The third kappa shape index (κ3) is 18.3. The number of aliphatic hydroxyl groups is 1. The van der Waals surface area contributed by atoms with Crippen molar-refractivity contribution in [2.45, 2.75) is 136 Å². The van der Waals surface area contributed by atoms with Gasteiger partial charge in [-0.2, -0.15) is 0 Å². The minimum Gasteiger partial charge on any atom is -0.396 e. The average Bonchev–Trinajstić information content (AvgIpc) is 2.60. The van der Waals surface area contributed by atoms with Crippen molar-refractivity contribution in [2.75, 3.05) is 6.61 Å². The van der Waals surface area contributed by atoms with E-state index in [1.807, 2.05) is 0 Å². The SMILES string of the molecule is CCCCCCCCCCCCCCCCC(CO)CCCCC. The van der Waals surface area contributed by atoms with Gasteiger partial charge in [0.25, 0.3) is 0 Å². The average molecular weight is 341 g/mol. The molecule has 0 radical (unpaired) electrons. The Kier molecular flexibility index (Phi) is 21.0. The monoisotopic (exact) mass is 340 g/mol. The first kappa shape index (κ1) is 24.0. The molecule has 1 nitrogen and oxygen atoms in total. The van der Waals surface area contributed by atoms with Gasteiger partial charge in [0.2, 0.25) is 0 Å². The van der Waals surface area contributed by atoms with E-state index in [-0.39, 0.29) is 0 Å². The van der Waals surface area contributed by atoms with Crippen LogP contribution < -0.4 is 0 Å². The van der Waals surface area contributed by atoms with Gasteiger partial charge in [-0.05, 0) is 18.8 Å². The predicted octanol–water partition coefficient (Wildman–Crippen LogP) is 8.05. The maximum Gasteiger partial charge on any atom is 0.0459 e. The molecule has 1 N–H and O–H groups in total. The standard InChI is InChI=1S/C23H48O/c1-3-5-7-8-9-10-11-12-13-14-15-16-17-19-21-23(22-24)20-18-6-4-2/h23-24H,3-22H2,1-2H3. The van der Waals surface area contributed by atoms with Crippen LogP contribution in [0, 0.1) is 5.92 Å². The summed E-state index contributed by atoms with van der Waals surface area (Å²) < 4.78 is 0. The van der Waals surface area contributed by atoms with Crippen LogP contribution in [0.15, 0.2) is 0 Å². The van der Waals surface area contributed by atoms with Gasteiger partial charge in [-0.1, -0.05) is 123 Å². The van der Waals surface area contributed by atoms with Gasteiger partial charge < -0.3 is 5.11 Å². The molecular formula is C23H48O. The van der Waals surface area contributed by atoms with Gasteiger partial charge in [0.1, 0.15) is 0 Å². The summed E-state index contributed by atoms with van der Waals surface area (Å²) in [6.07, 6.45) is 26.4. The highest BCUT2D eigenvalue weighted by molar-refractivity contribution is 4.59. The van der Waals surface area contributed by atoms with Crippen molar-refractivity contribution >= 4 is 0 Å². The molecule has 0 aliphatic heterocycles. The fourth-order valence-electron chi connectivity index (χ4n) is 3.64. The van der Waals surface area contributed by atoms with Gasteiger partial charge in [-0.15, -0.1) is 0 Å². The van der Waals surface area contributed by atoms with Crippen LogP contribution in [0.5, 0.6) is 0 Å². The largest absolute Gasteiger partial charge is 0.396 e. The molecule has 146 valence electrons. The van der Waals surface area contributed by atoms with Crippen LogP contribution in [-0.4, -0.2) is 11.7 Å². The van der Waals surface area contributed by atoms with Crippen LogP contribution >= 0.6 is 0 Å². The number of rotatable bonds is 20. The number of unbranched alkanes of at least 4 members (excludes halogenated alkanes) is 15. The first-order chi connectivity index (χ1) is 11.8. The molecule has 1 atom stereocenters. The van der Waals surface area contributed by atoms with Crippen LogP contribution in [0.2, 0.25) is 0 Å². The molecule has 0 saturated heterocycles. The second-order valence-electron chi connectivity index (χ2n) is 7.93. The maximum atomic E-state index is 9.43. The van der Waals surface area contributed by atoms with Crippen molar-refractivity contribution in [3.63, 3.8) is 0 Å². The molecule has 0 rings (SSSR count). The molecule has 0 amide bonds. The number of hydrogen-bond acceptors (Lipinski definition) is 1. The third-order valence-electron chi connectivity index (χ3n) is 5.44. The van der Waals surface area contributed by atoms with Crippen molar-refractivity contribution in [1.82, 2.24) is 0 Å². The zero-order chi connectivity index (χ0) is 17.7. The first-order valence-electron chi connectivity index (χ1n) is 11.5. The Bertz CT molecular complexity index is 214. The summed E-state index contributed by atoms with van der Waals surface area (Å²) in [4.78, 5) is 0. The van der Waals surface area contributed by atoms with E-state index in [0.29, 0.717) is 12.5 Å². The fraction of sp³-hybridized carbons (Fsp3) is 1.00. The lowest BCUT2D eigenvalue weighted by molar-refractivity contribution is 0.204. The van der Waals surface area contributed by atoms with E-state index in [9.17, 15) is 5.11 Å².